The van der Waals surface area contributed by atoms with E-state index in [2.05, 4.69) is 26.1 Å². The van der Waals surface area contributed by atoms with Gasteiger partial charge in [0.2, 0.25) is 11.8 Å². The summed E-state index contributed by atoms with van der Waals surface area (Å²) in [4.78, 5) is 26.2. The number of carbonyl (C=O) groups is 2. The maximum Gasteiger partial charge on any atom is 0.222 e. The summed E-state index contributed by atoms with van der Waals surface area (Å²) in [6.07, 6.45) is 3.85. The molecule has 0 radical (unpaired) electrons. The lowest BCUT2D eigenvalue weighted by Gasteiger charge is -2.38. The molecule has 0 aromatic heterocycles. The molecule has 1 heterocycles. The van der Waals surface area contributed by atoms with Crippen molar-refractivity contribution in [2.45, 2.75) is 66.3 Å². The number of hydrogen-bond acceptors (Lipinski definition) is 2. The summed E-state index contributed by atoms with van der Waals surface area (Å²) in [6.45, 7) is 11.7. The molecule has 1 rings (SSSR count). The highest BCUT2D eigenvalue weighted by molar-refractivity contribution is 5.79. The fourth-order valence-corrected chi connectivity index (χ4v) is 2.98. The van der Waals surface area contributed by atoms with Crippen molar-refractivity contribution in [1.82, 2.24) is 10.2 Å². The quantitative estimate of drug-likeness (QED) is 0.819. The molecule has 1 aliphatic rings. The molecular weight excluding hydrogens is 264 g/mol. The number of nitrogens with zero attached hydrogens (tertiary/aromatic N) is 1. The molecule has 2 amide bonds. The van der Waals surface area contributed by atoms with Crippen LogP contribution in [0.15, 0.2) is 0 Å². The Labute approximate surface area is 129 Å². The highest BCUT2D eigenvalue weighted by Gasteiger charge is 2.30. The van der Waals surface area contributed by atoms with E-state index in [1.807, 2.05) is 18.7 Å². The first-order chi connectivity index (χ1) is 9.83. The maximum atomic E-state index is 12.3. The van der Waals surface area contributed by atoms with Crippen molar-refractivity contribution in [2.24, 2.45) is 17.8 Å². The number of carbonyl (C=O) groups excluding carboxylic acids is 2. The molecule has 0 saturated carbocycles. The van der Waals surface area contributed by atoms with Crippen LogP contribution in [0.1, 0.15) is 60.3 Å². The first kappa shape index (κ1) is 18.0. The molecule has 4 heteroatoms. The Hall–Kier alpha value is -1.06. The first-order valence-corrected chi connectivity index (χ1v) is 8.41. The van der Waals surface area contributed by atoms with E-state index >= 15 is 0 Å². The van der Waals surface area contributed by atoms with Crippen LogP contribution in [0.3, 0.4) is 0 Å². The molecule has 1 saturated heterocycles. The summed E-state index contributed by atoms with van der Waals surface area (Å²) in [5, 5.41) is 3.11. The Kier molecular flexibility index (Phi) is 7.20. The summed E-state index contributed by atoms with van der Waals surface area (Å²) in [5.74, 6) is 1.21. The van der Waals surface area contributed by atoms with Crippen LogP contribution in [0.5, 0.6) is 0 Å². The number of hydrogen-bond donors (Lipinski definition) is 1. The van der Waals surface area contributed by atoms with Gasteiger partial charge in [-0.15, -0.1) is 0 Å². The molecule has 0 aromatic rings. The van der Waals surface area contributed by atoms with Gasteiger partial charge in [-0.1, -0.05) is 41.0 Å². The molecule has 0 spiro atoms. The molecule has 1 fully saturated rings. The van der Waals surface area contributed by atoms with E-state index in [4.69, 9.17) is 0 Å². The average Bonchev–Trinajstić information content (AvgIpc) is 2.37. The van der Waals surface area contributed by atoms with Crippen LogP contribution in [-0.4, -0.2) is 35.8 Å². The van der Waals surface area contributed by atoms with Crippen LogP contribution >= 0.6 is 0 Å². The number of nitrogens with one attached hydrogen (secondary N) is 1. The lowest BCUT2D eigenvalue weighted by molar-refractivity contribution is -0.135. The maximum absolute atomic E-state index is 12.3. The van der Waals surface area contributed by atoms with Crippen LogP contribution in [0, 0.1) is 17.8 Å². The summed E-state index contributed by atoms with van der Waals surface area (Å²) < 4.78 is 0. The van der Waals surface area contributed by atoms with Gasteiger partial charge >= 0.3 is 0 Å². The first-order valence-electron chi connectivity index (χ1n) is 8.41. The van der Waals surface area contributed by atoms with E-state index in [9.17, 15) is 9.59 Å². The van der Waals surface area contributed by atoms with Crippen molar-refractivity contribution < 1.29 is 9.59 Å². The molecule has 2 atom stereocenters. The molecule has 0 bridgehead atoms. The molecule has 122 valence electrons. The normalized spacial score (nSPS) is 22.7. The minimum Gasteiger partial charge on any atom is -0.351 e. The highest BCUT2D eigenvalue weighted by atomic mass is 16.2. The zero-order valence-electron chi connectivity index (χ0n) is 14.3. The van der Waals surface area contributed by atoms with Gasteiger partial charge in [-0.3, -0.25) is 9.59 Å². The van der Waals surface area contributed by atoms with Crippen molar-refractivity contribution in [3.63, 3.8) is 0 Å². The van der Waals surface area contributed by atoms with Crippen molar-refractivity contribution in [3.8, 4) is 0 Å². The molecule has 1 aliphatic heterocycles. The van der Waals surface area contributed by atoms with Gasteiger partial charge in [0, 0.05) is 31.5 Å². The third-order valence-electron chi connectivity index (χ3n) is 4.04. The second-order valence-corrected chi connectivity index (χ2v) is 7.15. The minimum atomic E-state index is -0.00336. The molecule has 2 unspecified atom stereocenters. The van der Waals surface area contributed by atoms with Crippen LogP contribution in [0.4, 0.5) is 0 Å². The second-order valence-electron chi connectivity index (χ2n) is 7.15. The monoisotopic (exact) mass is 296 g/mol. The molecule has 1 N–H and O–H groups in total. The van der Waals surface area contributed by atoms with Gasteiger partial charge in [-0.2, -0.15) is 0 Å². The Balaban J connectivity index is 2.67. The van der Waals surface area contributed by atoms with Crippen molar-refractivity contribution in [2.75, 3.05) is 13.1 Å². The Bertz CT molecular complexity index is 353. The van der Waals surface area contributed by atoms with Gasteiger partial charge in [0.25, 0.3) is 0 Å². The predicted octanol–water partition coefficient (Wildman–Crippen LogP) is 2.82. The highest BCUT2D eigenvalue weighted by Crippen LogP contribution is 2.23. The van der Waals surface area contributed by atoms with Crippen LogP contribution in [0.25, 0.3) is 0 Å². The largest absolute Gasteiger partial charge is 0.351 e. The summed E-state index contributed by atoms with van der Waals surface area (Å²) in [6, 6.07) is 0.112. The lowest BCUT2D eigenvalue weighted by Crippen LogP contribution is -2.53. The third-order valence-corrected chi connectivity index (χ3v) is 4.04. The smallest absolute Gasteiger partial charge is 0.222 e. The Morgan fingerprint density at radius 2 is 1.86 bits per heavy atom. The Morgan fingerprint density at radius 1 is 1.19 bits per heavy atom. The minimum absolute atomic E-state index is 0.00336. The van der Waals surface area contributed by atoms with E-state index in [0.29, 0.717) is 24.8 Å². The van der Waals surface area contributed by atoms with Gasteiger partial charge in [0.1, 0.15) is 0 Å². The van der Waals surface area contributed by atoms with Gasteiger partial charge in [-0.05, 0) is 24.7 Å². The van der Waals surface area contributed by atoms with E-state index in [1.165, 1.54) is 0 Å². The summed E-state index contributed by atoms with van der Waals surface area (Å²) in [7, 11) is 0. The third kappa shape index (κ3) is 6.06. The van der Waals surface area contributed by atoms with Crippen molar-refractivity contribution in [1.29, 1.82) is 0 Å². The second kappa shape index (κ2) is 8.40. The molecule has 21 heavy (non-hydrogen) atoms. The standard InChI is InChI=1S/C17H32N2O2/c1-6-7-14-9-15(18-17(21)13(4)5)11-19(10-14)16(20)8-12(2)3/h12-15H,6-11H2,1-5H3,(H,18,21). The molecule has 0 aliphatic carbocycles. The average molecular weight is 296 g/mol. The van der Waals surface area contributed by atoms with E-state index in [-0.39, 0.29) is 23.8 Å². The van der Waals surface area contributed by atoms with E-state index in [0.717, 1.165) is 25.8 Å². The number of amides is 2. The van der Waals surface area contributed by atoms with Crippen molar-refractivity contribution in [3.05, 3.63) is 0 Å². The SMILES string of the molecule is CCCC1CC(NC(=O)C(C)C)CN(C(=O)CC(C)C)C1. The zero-order valence-corrected chi connectivity index (χ0v) is 14.3. The van der Waals surface area contributed by atoms with Crippen molar-refractivity contribution >= 4 is 11.8 Å². The van der Waals surface area contributed by atoms with Crippen LogP contribution < -0.4 is 5.32 Å². The molecule has 0 aromatic carbocycles. The van der Waals surface area contributed by atoms with Crippen LogP contribution in [-0.2, 0) is 9.59 Å². The molecule has 4 nitrogen and oxygen atoms in total. The number of likely N-dealkylation sites (tertiary alicyclic amines) is 1. The lowest BCUT2D eigenvalue weighted by atomic mass is 9.90. The van der Waals surface area contributed by atoms with Gasteiger partial charge in [0.15, 0.2) is 0 Å². The summed E-state index contributed by atoms with van der Waals surface area (Å²) in [5.41, 5.74) is 0. The van der Waals surface area contributed by atoms with Crippen LogP contribution in [0.2, 0.25) is 0 Å². The fraction of sp³-hybridized carbons (Fsp3) is 0.882. The van der Waals surface area contributed by atoms with Gasteiger partial charge in [0.05, 0.1) is 0 Å². The summed E-state index contributed by atoms with van der Waals surface area (Å²) >= 11 is 0. The topological polar surface area (TPSA) is 49.4 Å². The van der Waals surface area contributed by atoms with Gasteiger partial charge < -0.3 is 10.2 Å². The Morgan fingerprint density at radius 3 is 2.38 bits per heavy atom. The zero-order chi connectivity index (χ0) is 16.0. The molecular formula is C17H32N2O2. The number of piperidine rings is 1. The van der Waals surface area contributed by atoms with Gasteiger partial charge in [-0.25, -0.2) is 0 Å². The fourth-order valence-electron chi connectivity index (χ4n) is 2.98. The van der Waals surface area contributed by atoms with E-state index < -0.39 is 0 Å². The number of rotatable bonds is 6. The van der Waals surface area contributed by atoms with E-state index in [1.54, 1.807) is 0 Å². The predicted molar refractivity (Wildman–Crippen MR) is 85.8 cm³/mol.